The number of hydrogen-bond donors (Lipinski definition) is 3. The molecule has 0 bridgehead atoms. The van der Waals surface area contributed by atoms with Crippen LogP contribution in [0.5, 0.6) is 0 Å². The molecule has 1 heterocycles. The third-order valence-corrected chi connectivity index (χ3v) is 3.81. The SMILES string of the molecule is CC(C)[C@H](N)C(=O)NCC(=O)NCc1cnn(Cc2ccccc2)c1.Cl. The minimum Gasteiger partial charge on any atom is -0.350 e. The lowest BCUT2D eigenvalue weighted by Crippen LogP contribution is -2.47. The zero-order chi connectivity index (χ0) is 18.2. The van der Waals surface area contributed by atoms with E-state index >= 15 is 0 Å². The number of carbonyl (C=O) groups is 2. The van der Waals surface area contributed by atoms with E-state index in [2.05, 4.69) is 15.7 Å². The number of nitrogens with zero attached hydrogens (tertiary/aromatic N) is 2. The second-order valence-electron chi connectivity index (χ2n) is 6.30. The summed E-state index contributed by atoms with van der Waals surface area (Å²) < 4.78 is 1.82. The lowest BCUT2D eigenvalue weighted by molar-refractivity contribution is -0.127. The first kappa shape index (κ1) is 21.7. The quantitative estimate of drug-likeness (QED) is 0.638. The Morgan fingerprint density at radius 1 is 1.15 bits per heavy atom. The maximum absolute atomic E-state index is 11.8. The van der Waals surface area contributed by atoms with E-state index in [-0.39, 0.29) is 36.7 Å². The van der Waals surface area contributed by atoms with Crippen LogP contribution in [0.15, 0.2) is 42.7 Å². The molecule has 1 atom stereocenters. The van der Waals surface area contributed by atoms with Gasteiger partial charge < -0.3 is 16.4 Å². The van der Waals surface area contributed by atoms with Gasteiger partial charge in [0.15, 0.2) is 0 Å². The molecular weight excluding hydrogens is 354 g/mol. The van der Waals surface area contributed by atoms with Gasteiger partial charge in [0, 0.05) is 18.3 Å². The molecule has 0 aliphatic carbocycles. The second-order valence-corrected chi connectivity index (χ2v) is 6.30. The van der Waals surface area contributed by atoms with Crippen molar-refractivity contribution in [3.05, 3.63) is 53.9 Å². The predicted molar refractivity (Wildman–Crippen MR) is 103 cm³/mol. The Balaban J connectivity index is 0.00000338. The van der Waals surface area contributed by atoms with E-state index in [9.17, 15) is 9.59 Å². The number of carbonyl (C=O) groups excluding carboxylic acids is 2. The average Bonchev–Trinajstić information content (AvgIpc) is 3.05. The van der Waals surface area contributed by atoms with Crippen LogP contribution < -0.4 is 16.4 Å². The van der Waals surface area contributed by atoms with Gasteiger partial charge in [-0.15, -0.1) is 12.4 Å². The Morgan fingerprint density at radius 3 is 2.50 bits per heavy atom. The third-order valence-electron chi connectivity index (χ3n) is 3.81. The molecule has 0 unspecified atom stereocenters. The van der Waals surface area contributed by atoms with Crippen LogP contribution in [0, 0.1) is 5.92 Å². The van der Waals surface area contributed by atoms with E-state index in [1.165, 1.54) is 0 Å². The van der Waals surface area contributed by atoms with Crippen molar-refractivity contribution in [1.82, 2.24) is 20.4 Å². The minimum atomic E-state index is -0.607. The van der Waals surface area contributed by atoms with Gasteiger partial charge in [-0.3, -0.25) is 14.3 Å². The number of halogens is 1. The summed E-state index contributed by atoms with van der Waals surface area (Å²) in [6.07, 6.45) is 3.61. The van der Waals surface area contributed by atoms with Crippen molar-refractivity contribution in [3.8, 4) is 0 Å². The summed E-state index contributed by atoms with van der Waals surface area (Å²) >= 11 is 0. The third kappa shape index (κ3) is 6.85. The number of hydrogen-bond acceptors (Lipinski definition) is 4. The fourth-order valence-corrected chi connectivity index (χ4v) is 2.21. The highest BCUT2D eigenvalue weighted by atomic mass is 35.5. The molecule has 0 saturated heterocycles. The maximum atomic E-state index is 11.8. The van der Waals surface area contributed by atoms with Gasteiger partial charge in [0.2, 0.25) is 11.8 Å². The van der Waals surface area contributed by atoms with Crippen molar-refractivity contribution in [2.45, 2.75) is 33.0 Å². The fourth-order valence-electron chi connectivity index (χ4n) is 2.21. The van der Waals surface area contributed by atoms with Crippen LogP contribution >= 0.6 is 12.4 Å². The molecule has 0 aliphatic rings. The number of amides is 2. The average molecular weight is 380 g/mol. The Hall–Kier alpha value is -2.38. The standard InChI is InChI=1S/C18H25N5O2.ClH/c1-13(2)17(19)18(25)21-10-16(24)20-8-15-9-22-23(12-15)11-14-6-4-3-5-7-14;/h3-7,9,12-13,17H,8,10-11,19H2,1-2H3,(H,20,24)(H,21,25);1H/t17-;/m0./s1. The lowest BCUT2D eigenvalue weighted by atomic mass is 10.1. The van der Waals surface area contributed by atoms with Crippen molar-refractivity contribution in [3.63, 3.8) is 0 Å². The van der Waals surface area contributed by atoms with Gasteiger partial charge >= 0.3 is 0 Å². The summed E-state index contributed by atoms with van der Waals surface area (Å²) in [5.41, 5.74) is 7.78. The number of rotatable bonds is 8. The zero-order valence-electron chi connectivity index (χ0n) is 15.0. The summed E-state index contributed by atoms with van der Waals surface area (Å²) in [5, 5.41) is 9.58. The Labute approximate surface area is 159 Å². The molecule has 2 aromatic rings. The molecule has 0 radical (unpaired) electrons. The molecule has 1 aromatic carbocycles. The van der Waals surface area contributed by atoms with Crippen LogP contribution in [-0.2, 0) is 22.7 Å². The summed E-state index contributed by atoms with van der Waals surface area (Å²) in [7, 11) is 0. The highest BCUT2D eigenvalue weighted by Crippen LogP contribution is 2.04. The number of benzene rings is 1. The van der Waals surface area contributed by atoms with Crippen molar-refractivity contribution in [1.29, 1.82) is 0 Å². The largest absolute Gasteiger partial charge is 0.350 e. The van der Waals surface area contributed by atoms with Gasteiger partial charge in [-0.2, -0.15) is 5.10 Å². The second kappa shape index (κ2) is 10.6. The first-order valence-electron chi connectivity index (χ1n) is 8.31. The van der Waals surface area contributed by atoms with Crippen molar-refractivity contribution < 1.29 is 9.59 Å². The summed E-state index contributed by atoms with van der Waals surface area (Å²) in [4.78, 5) is 23.5. The molecule has 1 aromatic heterocycles. The van der Waals surface area contributed by atoms with Crippen LogP contribution in [0.3, 0.4) is 0 Å². The molecule has 7 nitrogen and oxygen atoms in total. The smallest absolute Gasteiger partial charge is 0.239 e. The van der Waals surface area contributed by atoms with Crippen LogP contribution in [0.1, 0.15) is 25.0 Å². The zero-order valence-corrected chi connectivity index (χ0v) is 15.8. The summed E-state index contributed by atoms with van der Waals surface area (Å²) in [6.45, 7) is 4.67. The van der Waals surface area contributed by atoms with Crippen LogP contribution in [-0.4, -0.2) is 34.2 Å². The maximum Gasteiger partial charge on any atom is 0.239 e. The molecule has 0 saturated carbocycles. The lowest BCUT2D eigenvalue weighted by Gasteiger charge is -2.15. The van der Waals surface area contributed by atoms with Crippen molar-refractivity contribution in [2.24, 2.45) is 11.7 Å². The van der Waals surface area contributed by atoms with E-state index in [1.807, 2.05) is 55.1 Å². The van der Waals surface area contributed by atoms with E-state index < -0.39 is 6.04 Å². The molecule has 2 rings (SSSR count). The van der Waals surface area contributed by atoms with E-state index in [0.717, 1.165) is 11.1 Å². The molecule has 8 heteroatoms. The van der Waals surface area contributed by atoms with Gasteiger partial charge in [-0.05, 0) is 11.5 Å². The van der Waals surface area contributed by atoms with Crippen molar-refractivity contribution >= 4 is 24.2 Å². The van der Waals surface area contributed by atoms with Crippen LogP contribution in [0.4, 0.5) is 0 Å². The molecule has 0 spiro atoms. The van der Waals surface area contributed by atoms with Gasteiger partial charge in [-0.1, -0.05) is 44.2 Å². The van der Waals surface area contributed by atoms with Gasteiger partial charge in [0.05, 0.1) is 25.3 Å². The first-order valence-corrected chi connectivity index (χ1v) is 8.31. The Kier molecular flexibility index (Phi) is 8.81. The number of aromatic nitrogens is 2. The molecule has 4 N–H and O–H groups in total. The predicted octanol–water partition coefficient (Wildman–Crippen LogP) is 1.07. The molecular formula is C18H26ClN5O2. The Morgan fingerprint density at radius 2 is 1.85 bits per heavy atom. The van der Waals surface area contributed by atoms with E-state index in [1.54, 1.807) is 6.20 Å². The number of nitrogens with one attached hydrogen (secondary N) is 2. The highest BCUT2D eigenvalue weighted by molar-refractivity contribution is 5.87. The molecule has 142 valence electrons. The monoisotopic (exact) mass is 379 g/mol. The summed E-state index contributed by atoms with van der Waals surface area (Å²) in [6, 6.07) is 9.41. The van der Waals surface area contributed by atoms with Gasteiger partial charge in [-0.25, -0.2) is 0 Å². The summed E-state index contributed by atoms with van der Waals surface area (Å²) in [5.74, 6) is -0.556. The topological polar surface area (TPSA) is 102 Å². The van der Waals surface area contributed by atoms with E-state index in [0.29, 0.717) is 13.1 Å². The molecule has 26 heavy (non-hydrogen) atoms. The normalized spacial score (nSPS) is 11.5. The van der Waals surface area contributed by atoms with Crippen LogP contribution in [0.2, 0.25) is 0 Å². The van der Waals surface area contributed by atoms with E-state index in [4.69, 9.17) is 5.73 Å². The molecule has 0 fully saturated rings. The molecule has 2 amide bonds. The Bertz CT molecular complexity index is 703. The fraction of sp³-hybridized carbons (Fsp3) is 0.389. The highest BCUT2D eigenvalue weighted by Gasteiger charge is 2.17. The van der Waals surface area contributed by atoms with Crippen molar-refractivity contribution in [2.75, 3.05) is 6.54 Å². The van der Waals surface area contributed by atoms with Gasteiger partial charge in [0.25, 0.3) is 0 Å². The molecule has 0 aliphatic heterocycles. The van der Waals surface area contributed by atoms with Crippen LogP contribution in [0.25, 0.3) is 0 Å². The number of nitrogens with two attached hydrogens (primary N) is 1. The van der Waals surface area contributed by atoms with Gasteiger partial charge in [0.1, 0.15) is 0 Å². The minimum absolute atomic E-state index is 0. The first-order chi connectivity index (χ1) is 12.0.